The molecular weight excluding hydrogens is 304 g/mol. The number of hydrogen-bond acceptors (Lipinski definition) is 5. The van der Waals surface area contributed by atoms with Crippen molar-refractivity contribution in [3.8, 4) is 0 Å². The lowest BCUT2D eigenvalue weighted by molar-refractivity contribution is 0.0600. The summed E-state index contributed by atoms with van der Waals surface area (Å²) in [7, 11) is -2.30. The molecule has 1 aromatic carbocycles. The minimum Gasteiger partial charge on any atom is -0.465 e. The second-order valence-corrected chi connectivity index (χ2v) is 7.33. The highest BCUT2D eigenvalue weighted by Gasteiger charge is 2.27. The van der Waals surface area contributed by atoms with Crippen molar-refractivity contribution in [1.82, 2.24) is 4.72 Å². The van der Waals surface area contributed by atoms with Gasteiger partial charge in [-0.15, -0.1) is 0 Å². The number of carbonyl (C=O) groups excluding carboxylic acids is 1. The molecule has 1 fully saturated rings. The van der Waals surface area contributed by atoms with E-state index in [4.69, 9.17) is 5.73 Å². The molecule has 0 spiro atoms. The molecule has 0 saturated heterocycles. The Bertz CT molecular complexity index is 630. The molecule has 2 unspecified atom stereocenters. The molecule has 0 heterocycles. The van der Waals surface area contributed by atoms with Gasteiger partial charge in [0.1, 0.15) is 0 Å². The van der Waals surface area contributed by atoms with E-state index in [1.807, 2.05) is 0 Å². The summed E-state index contributed by atoms with van der Waals surface area (Å²) >= 11 is 0. The van der Waals surface area contributed by atoms with Crippen molar-refractivity contribution < 1.29 is 17.9 Å². The van der Waals surface area contributed by atoms with Gasteiger partial charge in [0.2, 0.25) is 10.0 Å². The quantitative estimate of drug-likeness (QED) is 0.791. The maximum absolute atomic E-state index is 12.4. The van der Waals surface area contributed by atoms with Crippen LogP contribution >= 0.6 is 0 Å². The first-order chi connectivity index (χ1) is 10.4. The van der Waals surface area contributed by atoms with Crippen LogP contribution in [-0.4, -0.2) is 33.6 Å². The van der Waals surface area contributed by atoms with Gasteiger partial charge in [-0.2, -0.15) is 0 Å². The lowest BCUT2D eigenvalue weighted by atomic mass is 9.92. The summed E-state index contributed by atoms with van der Waals surface area (Å²) in [5.74, 6) is -0.804. The van der Waals surface area contributed by atoms with Crippen LogP contribution < -0.4 is 10.5 Å². The van der Waals surface area contributed by atoms with Crippen LogP contribution in [0.3, 0.4) is 0 Å². The van der Waals surface area contributed by atoms with E-state index < -0.39 is 16.0 Å². The highest BCUT2D eigenvalue weighted by atomic mass is 32.2. The van der Waals surface area contributed by atoms with Crippen molar-refractivity contribution in [1.29, 1.82) is 0 Å². The Hall–Kier alpha value is -1.44. The number of methoxy groups -OCH3 is 1. The van der Waals surface area contributed by atoms with Gasteiger partial charge in [-0.1, -0.05) is 31.0 Å². The molecule has 1 aromatic rings. The van der Waals surface area contributed by atoms with Gasteiger partial charge < -0.3 is 10.5 Å². The van der Waals surface area contributed by atoms with Gasteiger partial charge >= 0.3 is 5.97 Å². The van der Waals surface area contributed by atoms with Crippen molar-refractivity contribution >= 4 is 16.0 Å². The van der Waals surface area contributed by atoms with Crippen molar-refractivity contribution in [2.24, 2.45) is 5.73 Å². The predicted octanol–water partition coefficient (Wildman–Crippen LogP) is 1.16. The molecule has 3 N–H and O–H groups in total. The Balaban J connectivity index is 2.13. The zero-order chi connectivity index (χ0) is 16.2. The van der Waals surface area contributed by atoms with Gasteiger partial charge in [-0.3, -0.25) is 0 Å². The molecule has 1 aliphatic carbocycles. The Labute approximate surface area is 131 Å². The maximum Gasteiger partial charge on any atom is 0.338 e. The summed E-state index contributed by atoms with van der Waals surface area (Å²) in [6.07, 6.45) is 3.58. The van der Waals surface area contributed by atoms with Gasteiger partial charge in [-0.05, 0) is 24.5 Å². The Kier molecular flexibility index (Phi) is 5.55. The fourth-order valence-electron chi connectivity index (χ4n) is 2.74. The minimum atomic E-state index is -3.57. The normalized spacial score (nSPS) is 22.3. The molecule has 122 valence electrons. The molecule has 0 amide bonds. The van der Waals surface area contributed by atoms with Gasteiger partial charge in [0.15, 0.2) is 0 Å². The summed E-state index contributed by atoms with van der Waals surface area (Å²) in [6.45, 7) is 0. The summed E-state index contributed by atoms with van der Waals surface area (Å²) < 4.78 is 32.1. The highest BCUT2D eigenvalue weighted by molar-refractivity contribution is 7.88. The van der Waals surface area contributed by atoms with Crippen LogP contribution in [0.5, 0.6) is 0 Å². The van der Waals surface area contributed by atoms with E-state index in [9.17, 15) is 13.2 Å². The Morgan fingerprint density at radius 3 is 2.68 bits per heavy atom. The zero-order valence-corrected chi connectivity index (χ0v) is 13.4. The monoisotopic (exact) mass is 326 g/mol. The average molecular weight is 326 g/mol. The molecule has 1 aliphatic rings. The van der Waals surface area contributed by atoms with E-state index in [0.29, 0.717) is 5.56 Å². The van der Waals surface area contributed by atoms with Gasteiger partial charge in [0.25, 0.3) is 0 Å². The summed E-state index contributed by atoms with van der Waals surface area (Å²) in [4.78, 5) is 11.7. The van der Waals surface area contributed by atoms with Crippen LogP contribution in [0.15, 0.2) is 24.3 Å². The first-order valence-electron chi connectivity index (χ1n) is 7.35. The van der Waals surface area contributed by atoms with Crippen molar-refractivity contribution in [3.63, 3.8) is 0 Å². The summed E-state index contributed by atoms with van der Waals surface area (Å²) in [6, 6.07) is 6.16. The topological polar surface area (TPSA) is 98.5 Å². The number of nitrogens with two attached hydrogens (primary N) is 1. The van der Waals surface area contributed by atoms with E-state index in [1.165, 1.54) is 7.11 Å². The standard InChI is InChI=1S/C15H22N2O4S/c1-21-15(18)12-7-3-2-6-11(12)10-22(19,20)17-14-9-5-4-8-13(14)16/h2-3,6-7,13-14,17H,4-5,8-10,16H2,1H3. The Morgan fingerprint density at radius 1 is 1.32 bits per heavy atom. The van der Waals surface area contributed by atoms with Crippen molar-refractivity contribution in [2.75, 3.05) is 7.11 Å². The first-order valence-corrected chi connectivity index (χ1v) is 9.00. The van der Waals surface area contributed by atoms with Crippen LogP contribution in [0.4, 0.5) is 0 Å². The second kappa shape index (κ2) is 7.21. The van der Waals surface area contributed by atoms with Crippen LogP contribution in [-0.2, 0) is 20.5 Å². The molecule has 22 heavy (non-hydrogen) atoms. The lowest BCUT2D eigenvalue weighted by Gasteiger charge is -2.29. The third-order valence-corrected chi connectivity index (χ3v) is 5.27. The van der Waals surface area contributed by atoms with Crippen molar-refractivity contribution in [2.45, 2.75) is 43.5 Å². The third kappa shape index (κ3) is 4.28. The average Bonchev–Trinajstić information content (AvgIpc) is 2.49. The largest absolute Gasteiger partial charge is 0.465 e. The molecule has 0 aromatic heterocycles. The van der Waals surface area contributed by atoms with E-state index in [0.717, 1.165) is 25.7 Å². The van der Waals surface area contributed by atoms with Crippen LogP contribution in [0.25, 0.3) is 0 Å². The maximum atomic E-state index is 12.4. The summed E-state index contributed by atoms with van der Waals surface area (Å²) in [5.41, 5.74) is 6.67. The Morgan fingerprint density at radius 2 is 2.00 bits per heavy atom. The molecule has 6 nitrogen and oxygen atoms in total. The van der Waals surface area contributed by atoms with Gasteiger partial charge in [0, 0.05) is 12.1 Å². The molecule has 1 saturated carbocycles. The predicted molar refractivity (Wildman–Crippen MR) is 83.8 cm³/mol. The number of nitrogens with one attached hydrogen (secondary N) is 1. The minimum absolute atomic E-state index is 0.153. The highest BCUT2D eigenvalue weighted by Crippen LogP contribution is 2.19. The molecule has 2 rings (SSSR count). The van der Waals surface area contributed by atoms with Gasteiger partial charge in [-0.25, -0.2) is 17.9 Å². The van der Waals surface area contributed by atoms with E-state index in [2.05, 4.69) is 9.46 Å². The van der Waals surface area contributed by atoms with E-state index in [-0.39, 0.29) is 23.4 Å². The molecule has 0 radical (unpaired) electrons. The number of rotatable bonds is 5. The number of carbonyl (C=O) groups is 1. The molecular formula is C15H22N2O4S. The number of esters is 1. The van der Waals surface area contributed by atoms with Gasteiger partial charge in [0.05, 0.1) is 18.4 Å². The number of ether oxygens (including phenoxy) is 1. The third-order valence-electron chi connectivity index (χ3n) is 3.92. The zero-order valence-electron chi connectivity index (χ0n) is 12.6. The van der Waals surface area contributed by atoms with Crippen LogP contribution in [0, 0.1) is 0 Å². The second-order valence-electron chi connectivity index (χ2n) is 5.58. The fourth-order valence-corrected chi connectivity index (χ4v) is 4.24. The van der Waals surface area contributed by atoms with E-state index >= 15 is 0 Å². The fraction of sp³-hybridized carbons (Fsp3) is 0.533. The lowest BCUT2D eigenvalue weighted by Crippen LogP contribution is -2.49. The molecule has 2 atom stereocenters. The number of hydrogen-bond donors (Lipinski definition) is 2. The first kappa shape index (κ1) is 16.9. The SMILES string of the molecule is COC(=O)c1ccccc1CS(=O)(=O)NC1CCCCC1N. The molecule has 7 heteroatoms. The van der Waals surface area contributed by atoms with E-state index in [1.54, 1.807) is 24.3 Å². The number of benzene rings is 1. The van der Waals surface area contributed by atoms with Crippen molar-refractivity contribution in [3.05, 3.63) is 35.4 Å². The van der Waals surface area contributed by atoms with Crippen LogP contribution in [0.2, 0.25) is 0 Å². The summed E-state index contributed by atoms with van der Waals surface area (Å²) in [5, 5.41) is 0. The molecule has 0 aliphatic heterocycles. The molecule has 0 bridgehead atoms. The smallest absolute Gasteiger partial charge is 0.338 e. The van der Waals surface area contributed by atoms with Crippen LogP contribution in [0.1, 0.15) is 41.6 Å². The number of sulfonamides is 1.